The van der Waals surface area contributed by atoms with Crippen LogP contribution in [0.5, 0.6) is 0 Å². The molecule has 1 atom stereocenters. The molecule has 5 heteroatoms. The molecular weight excluding hydrogens is 302 g/mol. The first-order chi connectivity index (χ1) is 11.6. The van der Waals surface area contributed by atoms with Crippen LogP contribution in [0.1, 0.15) is 12.5 Å². The fourth-order valence-electron chi connectivity index (χ4n) is 3.44. The van der Waals surface area contributed by atoms with Gasteiger partial charge in [-0.15, -0.1) is 0 Å². The fraction of sp³-hybridized carbons (Fsp3) is 0.211. The highest BCUT2D eigenvalue weighted by molar-refractivity contribution is 5.96. The lowest BCUT2D eigenvalue weighted by atomic mass is 10.1. The van der Waals surface area contributed by atoms with Crippen molar-refractivity contribution in [2.75, 3.05) is 4.90 Å². The summed E-state index contributed by atoms with van der Waals surface area (Å²) in [4.78, 5) is 26.7. The smallest absolute Gasteiger partial charge is 0.249 e. The summed E-state index contributed by atoms with van der Waals surface area (Å²) in [6.07, 6.45) is 2.14. The van der Waals surface area contributed by atoms with Crippen LogP contribution >= 0.6 is 0 Å². The van der Waals surface area contributed by atoms with E-state index in [2.05, 4.69) is 18.1 Å². The van der Waals surface area contributed by atoms with Gasteiger partial charge in [0, 0.05) is 17.1 Å². The number of nitrogens with zero attached hydrogens (tertiary/aromatic N) is 3. The van der Waals surface area contributed by atoms with Crippen molar-refractivity contribution in [1.82, 2.24) is 9.78 Å². The summed E-state index contributed by atoms with van der Waals surface area (Å²) in [5.41, 5.74) is 2.71. The van der Waals surface area contributed by atoms with E-state index in [0.717, 1.165) is 12.1 Å². The van der Waals surface area contributed by atoms with Crippen LogP contribution in [0, 0.1) is 0 Å². The maximum absolute atomic E-state index is 12.9. The Morgan fingerprint density at radius 2 is 1.92 bits per heavy atom. The fourth-order valence-corrected chi connectivity index (χ4v) is 3.44. The predicted octanol–water partition coefficient (Wildman–Crippen LogP) is 2.37. The van der Waals surface area contributed by atoms with E-state index in [1.165, 1.54) is 11.8 Å². The first kappa shape index (κ1) is 14.6. The summed E-state index contributed by atoms with van der Waals surface area (Å²) >= 11 is 0. The number of rotatable bonds is 2. The molecule has 1 aliphatic heterocycles. The molecule has 2 heterocycles. The number of hydrogen-bond acceptors (Lipinski definition) is 3. The Morgan fingerprint density at radius 3 is 2.79 bits per heavy atom. The van der Waals surface area contributed by atoms with E-state index < -0.39 is 0 Å². The van der Waals surface area contributed by atoms with E-state index in [9.17, 15) is 9.59 Å². The number of hydrogen-bond donors (Lipinski definition) is 0. The number of benzene rings is 2. The van der Waals surface area contributed by atoms with Crippen molar-refractivity contribution in [3.8, 4) is 0 Å². The van der Waals surface area contributed by atoms with Crippen molar-refractivity contribution < 1.29 is 4.79 Å². The third-order valence-corrected chi connectivity index (χ3v) is 4.52. The minimum Gasteiger partial charge on any atom is -0.307 e. The number of anilines is 1. The van der Waals surface area contributed by atoms with E-state index >= 15 is 0 Å². The molecule has 1 aromatic heterocycles. The maximum Gasteiger partial charge on any atom is 0.249 e. The molecule has 3 aromatic rings. The van der Waals surface area contributed by atoms with Crippen LogP contribution in [0.2, 0.25) is 0 Å². The molecule has 24 heavy (non-hydrogen) atoms. The number of aromatic nitrogens is 2. The molecule has 0 aliphatic carbocycles. The second kappa shape index (κ2) is 5.60. The van der Waals surface area contributed by atoms with Gasteiger partial charge < -0.3 is 4.90 Å². The van der Waals surface area contributed by atoms with Gasteiger partial charge in [0.1, 0.15) is 6.54 Å². The maximum atomic E-state index is 12.9. The summed E-state index contributed by atoms with van der Waals surface area (Å²) < 4.78 is 1.60. The lowest BCUT2D eigenvalue weighted by Gasteiger charge is -2.23. The van der Waals surface area contributed by atoms with E-state index in [-0.39, 0.29) is 23.9 Å². The van der Waals surface area contributed by atoms with Gasteiger partial charge in [-0.1, -0.05) is 30.3 Å². The first-order valence-corrected chi connectivity index (χ1v) is 8.00. The molecule has 0 bridgehead atoms. The average Bonchev–Trinajstić information content (AvgIpc) is 2.93. The minimum atomic E-state index is -0.130. The molecule has 0 unspecified atom stereocenters. The molecule has 0 saturated heterocycles. The first-order valence-electron chi connectivity index (χ1n) is 8.00. The molecule has 0 spiro atoms. The minimum absolute atomic E-state index is 0.0197. The van der Waals surface area contributed by atoms with E-state index in [0.29, 0.717) is 10.9 Å². The summed E-state index contributed by atoms with van der Waals surface area (Å²) in [6.45, 7) is 2.16. The molecule has 2 aromatic carbocycles. The van der Waals surface area contributed by atoms with Gasteiger partial charge in [-0.25, -0.2) is 0 Å². The standard InChI is InChI=1S/C19H17N3O2/c1-13-10-14-6-2-4-8-16(14)22(13)19(24)12-21-17-9-5-3-7-15(17)18(23)11-20-21/h2-9,11,13H,10,12H2,1H3/t13-/m1/s1. The topological polar surface area (TPSA) is 55.2 Å². The zero-order valence-corrected chi connectivity index (χ0v) is 13.3. The van der Waals surface area contributed by atoms with Crippen molar-refractivity contribution >= 4 is 22.5 Å². The highest BCUT2D eigenvalue weighted by Crippen LogP contribution is 2.32. The highest BCUT2D eigenvalue weighted by Gasteiger charge is 2.30. The van der Waals surface area contributed by atoms with Crippen molar-refractivity contribution in [3.63, 3.8) is 0 Å². The van der Waals surface area contributed by atoms with Crippen molar-refractivity contribution in [2.24, 2.45) is 0 Å². The lowest BCUT2D eigenvalue weighted by molar-refractivity contribution is -0.119. The Bertz CT molecular complexity index is 993. The van der Waals surface area contributed by atoms with Gasteiger partial charge in [0.2, 0.25) is 11.3 Å². The van der Waals surface area contributed by atoms with Crippen molar-refractivity contribution in [3.05, 3.63) is 70.5 Å². The van der Waals surface area contributed by atoms with Gasteiger partial charge in [0.15, 0.2) is 0 Å². The van der Waals surface area contributed by atoms with Crippen molar-refractivity contribution in [1.29, 1.82) is 0 Å². The van der Waals surface area contributed by atoms with Gasteiger partial charge in [-0.2, -0.15) is 5.10 Å². The van der Waals surface area contributed by atoms with E-state index in [1.54, 1.807) is 10.7 Å². The lowest BCUT2D eigenvalue weighted by Crippen LogP contribution is -2.38. The van der Waals surface area contributed by atoms with Crippen LogP contribution in [0.25, 0.3) is 10.9 Å². The van der Waals surface area contributed by atoms with Crippen LogP contribution in [-0.4, -0.2) is 21.7 Å². The molecule has 0 N–H and O–H groups in total. The van der Waals surface area contributed by atoms with Crippen LogP contribution in [0.3, 0.4) is 0 Å². The molecule has 0 saturated carbocycles. The molecule has 1 aliphatic rings. The van der Waals surface area contributed by atoms with Gasteiger partial charge in [-0.05, 0) is 37.1 Å². The molecule has 5 nitrogen and oxygen atoms in total. The SMILES string of the molecule is C[C@@H]1Cc2ccccc2N1C(=O)Cn1ncc(=O)c2ccccc21. The molecule has 0 fully saturated rings. The number of carbonyl (C=O) groups excluding carboxylic acids is 1. The third kappa shape index (κ3) is 2.29. The molecule has 120 valence electrons. The van der Waals surface area contributed by atoms with E-state index in [4.69, 9.17) is 0 Å². The molecular formula is C19H17N3O2. The third-order valence-electron chi connectivity index (χ3n) is 4.52. The van der Waals surface area contributed by atoms with Gasteiger partial charge >= 0.3 is 0 Å². The average molecular weight is 319 g/mol. The Morgan fingerprint density at radius 1 is 1.17 bits per heavy atom. The van der Waals surface area contributed by atoms with Gasteiger partial charge in [0.25, 0.3) is 0 Å². The predicted molar refractivity (Wildman–Crippen MR) is 93.1 cm³/mol. The highest BCUT2D eigenvalue weighted by atomic mass is 16.2. The summed E-state index contributed by atoms with van der Waals surface area (Å²) in [6, 6.07) is 15.3. The largest absolute Gasteiger partial charge is 0.307 e. The second-order valence-corrected chi connectivity index (χ2v) is 6.13. The number of carbonyl (C=O) groups is 1. The summed E-state index contributed by atoms with van der Waals surface area (Å²) in [5.74, 6) is -0.0197. The number of para-hydroxylation sites is 2. The molecule has 1 amide bonds. The van der Waals surface area contributed by atoms with Gasteiger partial charge in [0.05, 0.1) is 11.7 Å². The van der Waals surface area contributed by atoms with Gasteiger partial charge in [-0.3, -0.25) is 14.3 Å². The normalized spacial score (nSPS) is 16.4. The monoisotopic (exact) mass is 319 g/mol. The van der Waals surface area contributed by atoms with E-state index in [1.807, 2.05) is 41.3 Å². The Kier molecular flexibility index (Phi) is 3.41. The Labute approximate surface area is 139 Å². The zero-order chi connectivity index (χ0) is 16.7. The number of amides is 1. The second-order valence-electron chi connectivity index (χ2n) is 6.13. The summed E-state index contributed by atoms with van der Waals surface area (Å²) in [5, 5.41) is 4.73. The van der Waals surface area contributed by atoms with Crippen LogP contribution in [-0.2, 0) is 17.8 Å². The Balaban J connectivity index is 1.71. The number of fused-ring (bicyclic) bond motifs is 2. The van der Waals surface area contributed by atoms with Crippen LogP contribution in [0.15, 0.2) is 59.5 Å². The Hall–Kier alpha value is -2.95. The van der Waals surface area contributed by atoms with Crippen LogP contribution < -0.4 is 10.3 Å². The quantitative estimate of drug-likeness (QED) is 0.729. The van der Waals surface area contributed by atoms with Crippen LogP contribution in [0.4, 0.5) is 5.69 Å². The molecule has 0 radical (unpaired) electrons. The zero-order valence-electron chi connectivity index (χ0n) is 13.3. The molecule has 4 rings (SSSR count). The summed E-state index contributed by atoms with van der Waals surface area (Å²) in [7, 11) is 0. The van der Waals surface area contributed by atoms with Crippen molar-refractivity contribution in [2.45, 2.75) is 25.9 Å².